The van der Waals surface area contributed by atoms with E-state index in [2.05, 4.69) is 5.32 Å². The zero-order chi connectivity index (χ0) is 14.8. The molecule has 112 valence electrons. The molecule has 2 unspecified atom stereocenters. The average molecular weight is 299 g/mol. The maximum absolute atomic E-state index is 11.4. The number of rotatable bonds is 4. The molecule has 20 heavy (non-hydrogen) atoms. The smallest absolute Gasteiger partial charge is 0.238 e. The van der Waals surface area contributed by atoms with Crippen molar-refractivity contribution in [3.8, 4) is 5.75 Å². The highest BCUT2D eigenvalue weighted by Gasteiger charge is 2.21. The summed E-state index contributed by atoms with van der Waals surface area (Å²) in [5.41, 5.74) is 6.60. The molecule has 1 aromatic rings. The first-order valence-corrected chi connectivity index (χ1v) is 8.17. The van der Waals surface area contributed by atoms with Gasteiger partial charge in [-0.3, -0.25) is 0 Å². The summed E-state index contributed by atoms with van der Waals surface area (Å²) >= 11 is 0. The molecule has 1 saturated carbocycles. The van der Waals surface area contributed by atoms with E-state index in [4.69, 9.17) is 15.6 Å². The summed E-state index contributed by atoms with van der Waals surface area (Å²) in [7, 11) is -2.18. The predicted octanol–water partition coefficient (Wildman–Crippen LogP) is 1.02. The van der Waals surface area contributed by atoms with Gasteiger partial charge in [0.2, 0.25) is 10.0 Å². The number of primary sulfonamides is 1. The minimum atomic E-state index is -3.72. The number of ether oxygens (including phenoxy) is 1. The van der Waals surface area contributed by atoms with Gasteiger partial charge in [0, 0.05) is 12.1 Å². The van der Waals surface area contributed by atoms with Crippen LogP contribution < -0.4 is 20.9 Å². The molecular weight excluding hydrogens is 278 g/mol. The Labute approximate surface area is 119 Å². The van der Waals surface area contributed by atoms with Gasteiger partial charge in [-0.15, -0.1) is 0 Å². The van der Waals surface area contributed by atoms with Crippen LogP contribution in [0.1, 0.15) is 25.7 Å². The lowest BCUT2D eigenvalue weighted by atomic mass is 9.91. The van der Waals surface area contributed by atoms with Gasteiger partial charge in [-0.1, -0.05) is 0 Å². The van der Waals surface area contributed by atoms with E-state index in [0.717, 1.165) is 25.7 Å². The SMILES string of the molecule is COc1ccc(S(N)(=O)=O)cc1NC1CCCC(N)C1. The Morgan fingerprint density at radius 2 is 2.10 bits per heavy atom. The van der Waals surface area contributed by atoms with Crippen molar-refractivity contribution >= 4 is 15.7 Å². The van der Waals surface area contributed by atoms with E-state index in [0.29, 0.717) is 11.4 Å². The normalized spacial score (nSPS) is 23.4. The number of nitrogens with two attached hydrogens (primary N) is 2. The standard InChI is InChI=1S/C13H21N3O3S/c1-19-13-6-5-11(20(15,17)18)8-12(13)16-10-4-2-3-9(14)7-10/h5-6,8-10,16H,2-4,7,14H2,1H3,(H2,15,17,18). The highest BCUT2D eigenvalue weighted by molar-refractivity contribution is 7.89. The molecule has 0 amide bonds. The first kappa shape index (κ1) is 15.1. The molecule has 7 heteroatoms. The van der Waals surface area contributed by atoms with Gasteiger partial charge in [0.15, 0.2) is 0 Å². The van der Waals surface area contributed by atoms with Crippen LogP contribution in [0.3, 0.4) is 0 Å². The second kappa shape index (κ2) is 5.99. The molecule has 0 radical (unpaired) electrons. The lowest BCUT2D eigenvalue weighted by molar-refractivity contribution is 0.400. The Hall–Kier alpha value is -1.31. The fourth-order valence-electron chi connectivity index (χ4n) is 2.56. The molecule has 0 saturated heterocycles. The molecule has 1 fully saturated rings. The molecule has 0 heterocycles. The summed E-state index contributed by atoms with van der Waals surface area (Å²) in [5, 5.41) is 8.47. The summed E-state index contributed by atoms with van der Waals surface area (Å²) in [6.07, 6.45) is 3.97. The molecule has 6 nitrogen and oxygen atoms in total. The fraction of sp³-hybridized carbons (Fsp3) is 0.538. The van der Waals surface area contributed by atoms with Crippen molar-refractivity contribution < 1.29 is 13.2 Å². The Kier molecular flexibility index (Phi) is 4.52. The third-order valence-electron chi connectivity index (χ3n) is 3.57. The minimum Gasteiger partial charge on any atom is -0.495 e. The van der Waals surface area contributed by atoms with Crippen LogP contribution in [0.4, 0.5) is 5.69 Å². The Morgan fingerprint density at radius 1 is 1.35 bits per heavy atom. The zero-order valence-electron chi connectivity index (χ0n) is 11.5. The van der Waals surface area contributed by atoms with Gasteiger partial charge >= 0.3 is 0 Å². The van der Waals surface area contributed by atoms with Crippen LogP contribution in [0.25, 0.3) is 0 Å². The highest BCUT2D eigenvalue weighted by Crippen LogP contribution is 2.30. The van der Waals surface area contributed by atoms with Gasteiger partial charge in [0.05, 0.1) is 17.7 Å². The molecule has 0 aromatic heterocycles. The molecule has 1 aromatic carbocycles. The third kappa shape index (κ3) is 3.62. The van der Waals surface area contributed by atoms with E-state index >= 15 is 0 Å². The lowest BCUT2D eigenvalue weighted by Gasteiger charge is -2.28. The minimum absolute atomic E-state index is 0.0703. The van der Waals surface area contributed by atoms with Crippen molar-refractivity contribution in [3.05, 3.63) is 18.2 Å². The third-order valence-corrected chi connectivity index (χ3v) is 4.48. The maximum atomic E-state index is 11.4. The van der Waals surface area contributed by atoms with Gasteiger partial charge in [0.1, 0.15) is 5.75 Å². The van der Waals surface area contributed by atoms with Crippen molar-refractivity contribution in [2.24, 2.45) is 10.9 Å². The topological polar surface area (TPSA) is 107 Å². The van der Waals surface area contributed by atoms with E-state index in [1.54, 1.807) is 13.2 Å². The fourth-order valence-corrected chi connectivity index (χ4v) is 3.10. The van der Waals surface area contributed by atoms with Gasteiger partial charge in [-0.25, -0.2) is 13.6 Å². The van der Waals surface area contributed by atoms with Gasteiger partial charge in [0.25, 0.3) is 0 Å². The van der Waals surface area contributed by atoms with Crippen LogP contribution in [0.5, 0.6) is 5.75 Å². The number of nitrogens with one attached hydrogen (secondary N) is 1. The molecule has 1 aliphatic rings. The van der Waals surface area contributed by atoms with Crippen LogP contribution in [-0.2, 0) is 10.0 Å². The molecule has 1 aliphatic carbocycles. The second-order valence-corrected chi connectivity index (χ2v) is 6.74. The maximum Gasteiger partial charge on any atom is 0.238 e. The largest absolute Gasteiger partial charge is 0.495 e. The van der Waals surface area contributed by atoms with Crippen molar-refractivity contribution in [2.75, 3.05) is 12.4 Å². The molecule has 0 aliphatic heterocycles. The Morgan fingerprint density at radius 3 is 2.70 bits per heavy atom. The average Bonchev–Trinajstić information content (AvgIpc) is 2.37. The first-order valence-electron chi connectivity index (χ1n) is 6.63. The summed E-state index contributed by atoms with van der Waals surface area (Å²) in [5.74, 6) is 0.594. The molecule has 0 spiro atoms. The summed E-state index contributed by atoms with van der Waals surface area (Å²) in [6, 6.07) is 4.96. The van der Waals surface area contributed by atoms with E-state index < -0.39 is 10.0 Å². The summed E-state index contributed by atoms with van der Waals surface area (Å²) in [6.45, 7) is 0. The molecule has 2 rings (SSSR count). The quantitative estimate of drug-likeness (QED) is 0.769. The van der Waals surface area contributed by atoms with Crippen molar-refractivity contribution in [1.82, 2.24) is 0 Å². The van der Waals surface area contributed by atoms with Gasteiger partial charge in [-0.05, 0) is 43.9 Å². The Balaban J connectivity index is 2.24. The second-order valence-electron chi connectivity index (χ2n) is 5.18. The van der Waals surface area contributed by atoms with Crippen molar-refractivity contribution in [1.29, 1.82) is 0 Å². The summed E-state index contributed by atoms with van der Waals surface area (Å²) in [4.78, 5) is 0.0703. The van der Waals surface area contributed by atoms with Crippen LogP contribution in [0.2, 0.25) is 0 Å². The van der Waals surface area contributed by atoms with Crippen molar-refractivity contribution in [3.63, 3.8) is 0 Å². The lowest BCUT2D eigenvalue weighted by Crippen LogP contribution is -2.35. The van der Waals surface area contributed by atoms with Crippen molar-refractivity contribution in [2.45, 2.75) is 42.7 Å². The van der Waals surface area contributed by atoms with Gasteiger partial charge < -0.3 is 15.8 Å². The number of anilines is 1. The summed E-state index contributed by atoms with van der Waals surface area (Å²) < 4.78 is 28.1. The van der Waals surface area contributed by atoms with Crippen LogP contribution in [-0.4, -0.2) is 27.6 Å². The van der Waals surface area contributed by atoms with Crippen LogP contribution in [0, 0.1) is 0 Å². The number of hydrogen-bond acceptors (Lipinski definition) is 5. The number of sulfonamides is 1. The first-order chi connectivity index (χ1) is 9.40. The predicted molar refractivity (Wildman–Crippen MR) is 78.2 cm³/mol. The Bertz CT molecular complexity index is 574. The molecule has 0 bridgehead atoms. The number of benzene rings is 1. The van der Waals surface area contributed by atoms with Crippen LogP contribution in [0.15, 0.2) is 23.1 Å². The van der Waals surface area contributed by atoms with E-state index in [9.17, 15) is 8.42 Å². The van der Waals surface area contributed by atoms with E-state index in [-0.39, 0.29) is 17.0 Å². The van der Waals surface area contributed by atoms with E-state index in [1.807, 2.05) is 0 Å². The van der Waals surface area contributed by atoms with Gasteiger partial charge in [-0.2, -0.15) is 0 Å². The number of hydrogen-bond donors (Lipinski definition) is 3. The zero-order valence-corrected chi connectivity index (χ0v) is 12.3. The monoisotopic (exact) mass is 299 g/mol. The van der Waals surface area contributed by atoms with E-state index in [1.165, 1.54) is 12.1 Å². The molecular formula is C13H21N3O3S. The van der Waals surface area contributed by atoms with Crippen LogP contribution >= 0.6 is 0 Å². The molecule has 5 N–H and O–H groups in total. The highest BCUT2D eigenvalue weighted by atomic mass is 32.2. The number of methoxy groups -OCH3 is 1. The molecule has 2 atom stereocenters.